The highest BCUT2D eigenvalue weighted by atomic mass is 127. The van der Waals surface area contributed by atoms with E-state index in [1.165, 1.54) is 0 Å². The van der Waals surface area contributed by atoms with Crippen LogP contribution in [-0.2, 0) is 0 Å². The number of guanidine groups is 1. The quantitative estimate of drug-likeness (QED) is 0.429. The molecule has 0 atom stereocenters. The molecule has 0 amide bonds. The van der Waals surface area contributed by atoms with Crippen LogP contribution in [0.15, 0.2) is 4.99 Å². The molecule has 0 spiro atoms. The molecule has 0 unspecified atom stereocenters. The third-order valence-electron chi connectivity index (χ3n) is 3.20. The number of piperazine rings is 1. The van der Waals surface area contributed by atoms with E-state index in [0.717, 1.165) is 32.7 Å². The van der Waals surface area contributed by atoms with E-state index >= 15 is 0 Å². The summed E-state index contributed by atoms with van der Waals surface area (Å²) in [6.45, 7) is 8.78. The number of hydrogen-bond donors (Lipinski definition) is 1. The molecule has 21 heavy (non-hydrogen) atoms. The van der Waals surface area contributed by atoms with Crippen molar-refractivity contribution in [1.29, 1.82) is 0 Å². The highest BCUT2D eigenvalue weighted by Gasteiger charge is 2.27. The highest BCUT2D eigenvalue weighted by Crippen LogP contribution is 2.18. The summed E-state index contributed by atoms with van der Waals surface area (Å²) in [5.41, 5.74) is 0. The fourth-order valence-electron chi connectivity index (χ4n) is 2.31. The third kappa shape index (κ3) is 8.70. The molecule has 1 fully saturated rings. The van der Waals surface area contributed by atoms with Crippen LogP contribution in [0.4, 0.5) is 13.2 Å². The van der Waals surface area contributed by atoms with Gasteiger partial charge < -0.3 is 10.2 Å². The zero-order valence-electron chi connectivity index (χ0n) is 12.9. The Balaban J connectivity index is 0.00000400. The van der Waals surface area contributed by atoms with E-state index in [0.29, 0.717) is 11.9 Å². The van der Waals surface area contributed by atoms with Crippen molar-refractivity contribution >= 4 is 29.9 Å². The lowest BCUT2D eigenvalue weighted by molar-refractivity contribution is -0.132. The first-order chi connectivity index (χ1) is 9.31. The van der Waals surface area contributed by atoms with E-state index < -0.39 is 12.6 Å². The monoisotopic (exact) mass is 422 g/mol. The van der Waals surface area contributed by atoms with Gasteiger partial charge in [-0.1, -0.05) is 13.8 Å². The second-order valence-electron chi connectivity index (χ2n) is 5.52. The van der Waals surface area contributed by atoms with Gasteiger partial charge in [-0.2, -0.15) is 13.2 Å². The molecule has 0 aliphatic carbocycles. The van der Waals surface area contributed by atoms with Crippen LogP contribution in [-0.4, -0.2) is 68.3 Å². The van der Waals surface area contributed by atoms with Crippen LogP contribution < -0.4 is 5.32 Å². The molecule has 1 aliphatic rings. The number of nitrogens with one attached hydrogen (secondary N) is 1. The summed E-state index contributed by atoms with van der Waals surface area (Å²) in [5, 5.41) is 2.79. The van der Waals surface area contributed by atoms with Crippen LogP contribution in [0.2, 0.25) is 0 Å². The smallest absolute Gasteiger partial charge is 0.356 e. The first-order valence-electron chi connectivity index (χ1n) is 7.06. The standard InChI is InChI=1S/C13H25F3N4.HI/c1-11(2)10-19-6-8-20(9-7-19)12(17-3)18-5-4-13(14,15)16;/h11H,4-10H2,1-3H3,(H,17,18);1H. The van der Waals surface area contributed by atoms with E-state index in [1.54, 1.807) is 7.05 Å². The maximum atomic E-state index is 12.1. The van der Waals surface area contributed by atoms with Crippen LogP contribution in [0.1, 0.15) is 20.3 Å². The number of nitrogens with zero attached hydrogens (tertiary/aromatic N) is 3. The zero-order valence-corrected chi connectivity index (χ0v) is 15.2. The Bertz CT molecular complexity index is 313. The molecule has 0 aromatic rings. The molecule has 1 heterocycles. The van der Waals surface area contributed by atoms with Crippen LogP contribution in [0.25, 0.3) is 0 Å². The Hall–Kier alpha value is -0.250. The summed E-state index contributed by atoms with van der Waals surface area (Å²) in [7, 11) is 1.61. The topological polar surface area (TPSA) is 30.9 Å². The molecule has 1 rings (SSSR count). The molecular formula is C13H26F3IN4. The van der Waals surface area contributed by atoms with E-state index in [2.05, 4.69) is 29.1 Å². The second kappa shape index (κ2) is 9.70. The lowest BCUT2D eigenvalue weighted by atomic mass is 10.2. The van der Waals surface area contributed by atoms with Gasteiger partial charge in [-0.25, -0.2) is 0 Å². The van der Waals surface area contributed by atoms with Gasteiger partial charge >= 0.3 is 6.18 Å². The summed E-state index contributed by atoms with van der Waals surface area (Å²) in [5.74, 6) is 1.20. The SMILES string of the molecule is CN=C(NCCC(F)(F)F)N1CCN(CC(C)C)CC1.I. The van der Waals surface area contributed by atoms with Gasteiger partial charge in [-0.05, 0) is 5.92 Å². The fraction of sp³-hybridized carbons (Fsp3) is 0.923. The minimum absolute atomic E-state index is 0. The lowest BCUT2D eigenvalue weighted by Crippen LogP contribution is -2.53. The molecule has 0 radical (unpaired) electrons. The molecule has 0 saturated carbocycles. The fourth-order valence-corrected chi connectivity index (χ4v) is 2.31. The van der Waals surface area contributed by atoms with E-state index in [-0.39, 0.29) is 30.5 Å². The Morgan fingerprint density at radius 2 is 1.76 bits per heavy atom. The summed E-state index contributed by atoms with van der Waals surface area (Å²) < 4.78 is 36.4. The molecule has 4 nitrogen and oxygen atoms in total. The van der Waals surface area contributed by atoms with Gasteiger partial charge in [0.15, 0.2) is 5.96 Å². The van der Waals surface area contributed by atoms with Crippen molar-refractivity contribution in [2.75, 3.05) is 46.3 Å². The number of rotatable bonds is 4. The Kier molecular flexibility index (Phi) is 9.59. The first kappa shape index (κ1) is 20.8. The van der Waals surface area contributed by atoms with Gasteiger partial charge in [0.05, 0.1) is 6.42 Å². The van der Waals surface area contributed by atoms with Crippen molar-refractivity contribution in [3.8, 4) is 0 Å². The van der Waals surface area contributed by atoms with Crippen LogP contribution in [0.5, 0.6) is 0 Å². The van der Waals surface area contributed by atoms with Crippen LogP contribution >= 0.6 is 24.0 Å². The maximum absolute atomic E-state index is 12.1. The van der Waals surface area contributed by atoms with Crippen molar-refractivity contribution in [2.24, 2.45) is 10.9 Å². The molecule has 1 N–H and O–H groups in total. The normalized spacial score (nSPS) is 17.9. The number of aliphatic imine (C=N–C) groups is 1. The Labute approximate surface area is 142 Å². The summed E-state index contributed by atoms with van der Waals surface area (Å²) in [6.07, 6.45) is -4.96. The van der Waals surface area contributed by atoms with Gasteiger partial charge in [0.2, 0.25) is 0 Å². The molecular weight excluding hydrogens is 396 g/mol. The minimum Gasteiger partial charge on any atom is -0.356 e. The summed E-state index contributed by atoms with van der Waals surface area (Å²) in [4.78, 5) is 8.46. The molecule has 0 aromatic heterocycles. The minimum atomic E-state index is -4.12. The predicted molar refractivity (Wildman–Crippen MR) is 90.3 cm³/mol. The van der Waals surface area contributed by atoms with Gasteiger partial charge in [-0.15, -0.1) is 24.0 Å². The number of halogens is 4. The van der Waals surface area contributed by atoms with Crippen LogP contribution in [0, 0.1) is 5.92 Å². The van der Waals surface area contributed by atoms with Gasteiger partial charge in [0.1, 0.15) is 0 Å². The predicted octanol–water partition coefficient (Wildman–Crippen LogP) is 2.41. The maximum Gasteiger partial charge on any atom is 0.390 e. The van der Waals surface area contributed by atoms with Gasteiger partial charge in [0, 0.05) is 46.3 Å². The van der Waals surface area contributed by atoms with Crippen molar-refractivity contribution in [3.05, 3.63) is 0 Å². The van der Waals surface area contributed by atoms with Crippen molar-refractivity contribution in [2.45, 2.75) is 26.4 Å². The highest BCUT2D eigenvalue weighted by molar-refractivity contribution is 14.0. The number of hydrogen-bond acceptors (Lipinski definition) is 2. The Morgan fingerprint density at radius 1 is 1.19 bits per heavy atom. The second-order valence-corrected chi connectivity index (χ2v) is 5.52. The summed E-state index contributed by atoms with van der Waals surface area (Å²) >= 11 is 0. The van der Waals surface area contributed by atoms with Crippen molar-refractivity contribution in [1.82, 2.24) is 15.1 Å². The summed E-state index contributed by atoms with van der Waals surface area (Å²) in [6, 6.07) is 0. The van der Waals surface area contributed by atoms with Crippen LogP contribution in [0.3, 0.4) is 0 Å². The molecule has 0 bridgehead atoms. The molecule has 0 aromatic carbocycles. The van der Waals surface area contributed by atoms with Gasteiger partial charge in [0.25, 0.3) is 0 Å². The molecule has 1 aliphatic heterocycles. The largest absolute Gasteiger partial charge is 0.390 e. The zero-order chi connectivity index (χ0) is 15.2. The lowest BCUT2D eigenvalue weighted by Gasteiger charge is -2.37. The third-order valence-corrected chi connectivity index (χ3v) is 3.20. The average Bonchev–Trinajstić information content (AvgIpc) is 2.34. The van der Waals surface area contributed by atoms with Crippen molar-refractivity contribution in [3.63, 3.8) is 0 Å². The van der Waals surface area contributed by atoms with E-state index in [4.69, 9.17) is 0 Å². The van der Waals surface area contributed by atoms with E-state index in [9.17, 15) is 13.2 Å². The van der Waals surface area contributed by atoms with Crippen molar-refractivity contribution < 1.29 is 13.2 Å². The van der Waals surface area contributed by atoms with Gasteiger partial charge in [-0.3, -0.25) is 9.89 Å². The first-order valence-corrected chi connectivity index (χ1v) is 7.06. The Morgan fingerprint density at radius 3 is 2.19 bits per heavy atom. The van der Waals surface area contributed by atoms with E-state index in [1.807, 2.05) is 4.90 Å². The molecule has 1 saturated heterocycles. The molecule has 8 heteroatoms. The number of alkyl halides is 3. The molecule has 126 valence electrons. The average molecular weight is 422 g/mol.